The van der Waals surface area contributed by atoms with Crippen molar-refractivity contribution >= 4 is 0 Å². The SMILES string of the molecule is CC1CC(NC(c2ccc3c(c2)CCCO3)c2ccc3c(c2)CCCO3)CN1C. The molecule has 0 aromatic heterocycles. The van der Waals surface area contributed by atoms with Crippen molar-refractivity contribution in [2.24, 2.45) is 0 Å². The molecule has 0 amide bonds. The van der Waals surface area contributed by atoms with Gasteiger partial charge in [-0.3, -0.25) is 0 Å². The summed E-state index contributed by atoms with van der Waals surface area (Å²) in [5, 5.41) is 4.00. The van der Waals surface area contributed by atoms with Gasteiger partial charge in [0.1, 0.15) is 11.5 Å². The van der Waals surface area contributed by atoms with E-state index in [0.29, 0.717) is 12.1 Å². The number of rotatable bonds is 4. The van der Waals surface area contributed by atoms with Gasteiger partial charge in [0.05, 0.1) is 19.3 Å². The summed E-state index contributed by atoms with van der Waals surface area (Å²) in [6.07, 6.45) is 5.62. The lowest BCUT2D eigenvalue weighted by molar-refractivity contribution is 0.287. The highest BCUT2D eigenvalue weighted by Gasteiger charge is 2.29. The lowest BCUT2D eigenvalue weighted by atomic mass is 9.92. The summed E-state index contributed by atoms with van der Waals surface area (Å²) >= 11 is 0. The Morgan fingerprint density at radius 2 is 1.52 bits per heavy atom. The second-order valence-electron chi connectivity index (χ2n) is 8.96. The molecular formula is C25H32N2O2. The molecule has 1 fully saturated rings. The monoisotopic (exact) mass is 392 g/mol. The van der Waals surface area contributed by atoms with Gasteiger partial charge in [-0.25, -0.2) is 0 Å². The predicted molar refractivity (Wildman–Crippen MR) is 116 cm³/mol. The Balaban J connectivity index is 1.49. The summed E-state index contributed by atoms with van der Waals surface area (Å²) in [6, 6.07) is 14.9. The number of aryl methyl sites for hydroxylation is 2. The number of ether oxygens (including phenoxy) is 2. The molecule has 1 N–H and O–H groups in total. The Morgan fingerprint density at radius 1 is 0.931 bits per heavy atom. The lowest BCUT2D eigenvalue weighted by Gasteiger charge is -2.27. The van der Waals surface area contributed by atoms with Crippen molar-refractivity contribution in [1.29, 1.82) is 0 Å². The zero-order chi connectivity index (χ0) is 19.8. The van der Waals surface area contributed by atoms with Crippen LogP contribution in [0.1, 0.15) is 54.5 Å². The van der Waals surface area contributed by atoms with Gasteiger partial charge < -0.3 is 19.7 Å². The molecule has 29 heavy (non-hydrogen) atoms. The second-order valence-corrected chi connectivity index (χ2v) is 8.96. The molecule has 0 bridgehead atoms. The van der Waals surface area contributed by atoms with Crippen molar-refractivity contribution in [2.45, 2.75) is 57.2 Å². The molecule has 3 aliphatic heterocycles. The fraction of sp³-hybridized carbons (Fsp3) is 0.520. The molecule has 0 saturated carbocycles. The molecule has 5 rings (SSSR count). The Kier molecular flexibility index (Phi) is 5.23. The molecule has 2 aromatic rings. The van der Waals surface area contributed by atoms with E-state index in [4.69, 9.17) is 9.47 Å². The number of benzene rings is 2. The van der Waals surface area contributed by atoms with Crippen molar-refractivity contribution in [1.82, 2.24) is 10.2 Å². The molecule has 1 saturated heterocycles. The number of hydrogen-bond donors (Lipinski definition) is 1. The number of nitrogens with one attached hydrogen (secondary N) is 1. The highest BCUT2D eigenvalue weighted by molar-refractivity contribution is 5.45. The van der Waals surface area contributed by atoms with Gasteiger partial charge in [-0.05, 0) is 80.5 Å². The van der Waals surface area contributed by atoms with Crippen LogP contribution in [0.15, 0.2) is 36.4 Å². The minimum absolute atomic E-state index is 0.193. The maximum Gasteiger partial charge on any atom is 0.122 e. The van der Waals surface area contributed by atoms with E-state index in [1.807, 2.05) is 0 Å². The molecule has 4 nitrogen and oxygen atoms in total. The van der Waals surface area contributed by atoms with E-state index in [-0.39, 0.29) is 6.04 Å². The molecule has 154 valence electrons. The first-order valence-electron chi connectivity index (χ1n) is 11.1. The quantitative estimate of drug-likeness (QED) is 0.849. The molecule has 2 atom stereocenters. The van der Waals surface area contributed by atoms with Gasteiger partial charge >= 0.3 is 0 Å². The minimum atomic E-state index is 0.193. The van der Waals surface area contributed by atoms with E-state index in [1.54, 1.807) is 0 Å². The van der Waals surface area contributed by atoms with Gasteiger partial charge in [0.25, 0.3) is 0 Å². The standard InChI is InChI=1S/C25H32N2O2/c1-17-13-22(16-27(17)2)26-25(20-7-9-23-18(14-20)5-3-11-28-23)21-8-10-24-19(15-21)6-4-12-29-24/h7-10,14-15,17,22,25-26H,3-6,11-13,16H2,1-2H3. The Morgan fingerprint density at radius 3 is 2.03 bits per heavy atom. The molecule has 0 aliphatic carbocycles. The molecule has 4 heteroatoms. The van der Waals surface area contributed by atoms with Crippen LogP contribution >= 0.6 is 0 Å². The van der Waals surface area contributed by atoms with E-state index in [0.717, 1.165) is 56.9 Å². The fourth-order valence-electron chi connectivity index (χ4n) is 5.05. The van der Waals surface area contributed by atoms with E-state index < -0.39 is 0 Å². The zero-order valence-corrected chi connectivity index (χ0v) is 17.6. The summed E-state index contributed by atoms with van der Waals surface area (Å²) in [5.41, 5.74) is 5.37. The molecule has 0 radical (unpaired) electrons. The highest BCUT2D eigenvalue weighted by Crippen LogP contribution is 2.34. The molecular weight excluding hydrogens is 360 g/mol. The lowest BCUT2D eigenvalue weighted by Crippen LogP contribution is -2.35. The first-order valence-corrected chi connectivity index (χ1v) is 11.1. The Bertz CT molecular complexity index is 812. The number of likely N-dealkylation sites (tertiary alicyclic amines) is 1. The Hall–Kier alpha value is -2.04. The average molecular weight is 393 g/mol. The second kappa shape index (κ2) is 8.00. The van der Waals surface area contributed by atoms with Crippen molar-refractivity contribution in [2.75, 3.05) is 26.8 Å². The van der Waals surface area contributed by atoms with Gasteiger partial charge in [0.15, 0.2) is 0 Å². The van der Waals surface area contributed by atoms with Gasteiger partial charge in [0, 0.05) is 18.6 Å². The summed E-state index contributed by atoms with van der Waals surface area (Å²) < 4.78 is 11.7. The van der Waals surface area contributed by atoms with Crippen LogP contribution in [0.2, 0.25) is 0 Å². The van der Waals surface area contributed by atoms with Crippen molar-refractivity contribution in [3.63, 3.8) is 0 Å². The van der Waals surface area contributed by atoms with Crippen LogP contribution in [-0.2, 0) is 12.8 Å². The number of likely N-dealkylation sites (N-methyl/N-ethyl adjacent to an activating group) is 1. The minimum Gasteiger partial charge on any atom is -0.493 e. The largest absolute Gasteiger partial charge is 0.493 e. The maximum atomic E-state index is 5.86. The van der Waals surface area contributed by atoms with Crippen LogP contribution < -0.4 is 14.8 Å². The summed E-state index contributed by atoms with van der Waals surface area (Å²) in [6.45, 7) is 5.10. The van der Waals surface area contributed by atoms with Crippen LogP contribution in [0.4, 0.5) is 0 Å². The Labute approximate surface area is 174 Å². The molecule has 0 spiro atoms. The third kappa shape index (κ3) is 3.88. The van der Waals surface area contributed by atoms with Crippen LogP contribution in [0.5, 0.6) is 11.5 Å². The van der Waals surface area contributed by atoms with Gasteiger partial charge in [-0.1, -0.05) is 24.3 Å². The normalized spacial score (nSPS) is 24.0. The van der Waals surface area contributed by atoms with Crippen molar-refractivity contribution < 1.29 is 9.47 Å². The molecule has 2 unspecified atom stereocenters. The summed E-state index contributed by atoms with van der Waals surface area (Å²) in [7, 11) is 2.23. The number of hydrogen-bond acceptors (Lipinski definition) is 4. The van der Waals surface area contributed by atoms with Crippen LogP contribution in [0.3, 0.4) is 0 Å². The summed E-state index contributed by atoms with van der Waals surface area (Å²) in [4.78, 5) is 2.45. The topological polar surface area (TPSA) is 33.7 Å². The maximum absolute atomic E-state index is 5.86. The number of nitrogens with zero attached hydrogens (tertiary/aromatic N) is 1. The smallest absolute Gasteiger partial charge is 0.122 e. The van der Waals surface area contributed by atoms with E-state index in [2.05, 4.69) is 60.6 Å². The van der Waals surface area contributed by atoms with E-state index >= 15 is 0 Å². The van der Waals surface area contributed by atoms with Crippen LogP contribution in [-0.4, -0.2) is 43.8 Å². The van der Waals surface area contributed by atoms with E-state index in [9.17, 15) is 0 Å². The van der Waals surface area contributed by atoms with Crippen LogP contribution in [0, 0.1) is 0 Å². The first kappa shape index (κ1) is 19.0. The van der Waals surface area contributed by atoms with Gasteiger partial charge in [-0.2, -0.15) is 0 Å². The van der Waals surface area contributed by atoms with Crippen molar-refractivity contribution in [3.8, 4) is 11.5 Å². The third-order valence-electron chi connectivity index (χ3n) is 6.82. The first-order chi connectivity index (χ1) is 14.2. The average Bonchev–Trinajstić information content (AvgIpc) is 3.08. The van der Waals surface area contributed by atoms with Gasteiger partial charge in [0.2, 0.25) is 0 Å². The summed E-state index contributed by atoms with van der Waals surface area (Å²) in [5.74, 6) is 2.12. The fourth-order valence-corrected chi connectivity index (χ4v) is 5.05. The molecule has 3 aliphatic rings. The van der Waals surface area contributed by atoms with Crippen molar-refractivity contribution in [3.05, 3.63) is 58.7 Å². The predicted octanol–water partition coefficient (Wildman–Crippen LogP) is 4.11. The number of fused-ring (bicyclic) bond motifs is 2. The molecule has 2 aromatic carbocycles. The highest BCUT2D eigenvalue weighted by atomic mass is 16.5. The third-order valence-corrected chi connectivity index (χ3v) is 6.82. The van der Waals surface area contributed by atoms with Gasteiger partial charge in [-0.15, -0.1) is 0 Å². The zero-order valence-electron chi connectivity index (χ0n) is 17.6. The van der Waals surface area contributed by atoms with Crippen LogP contribution in [0.25, 0.3) is 0 Å². The molecule has 3 heterocycles. The van der Waals surface area contributed by atoms with E-state index in [1.165, 1.54) is 28.7 Å².